The van der Waals surface area contributed by atoms with E-state index in [1.807, 2.05) is 24.3 Å². The molecule has 0 spiro atoms. The SMILES string of the molecule is Oc1cc2c(c3ccccc13)CCN2. The van der Waals surface area contributed by atoms with Gasteiger partial charge in [0.25, 0.3) is 0 Å². The number of hydrogen-bond acceptors (Lipinski definition) is 2. The zero-order valence-electron chi connectivity index (χ0n) is 7.75. The summed E-state index contributed by atoms with van der Waals surface area (Å²) in [6, 6.07) is 9.83. The Morgan fingerprint density at radius 2 is 1.93 bits per heavy atom. The molecular weight excluding hydrogens is 174 g/mol. The van der Waals surface area contributed by atoms with Gasteiger partial charge in [-0.3, -0.25) is 0 Å². The number of nitrogens with one attached hydrogen (secondary N) is 1. The molecule has 0 fully saturated rings. The molecule has 14 heavy (non-hydrogen) atoms. The molecule has 1 heterocycles. The highest BCUT2D eigenvalue weighted by molar-refractivity contribution is 5.95. The molecule has 1 aliphatic heterocycles. The van der Waals surface area contributed by atoms with Gasteiger partial charge in [-0.1, -0.05) is 24.3 Å². The highest BCUT2D eigenvalue weighted by Crippen LogP contribution is 2.36. The third kappa shape index (κ3) is 0.909. The van der Waals surface area contributed by atoms with E-state index in [2.05, 4.69) is 11.4 Å². The minimum absolute atomic E-state index is 0.369. The van der Waals surface area contributed by atoms with Crippen LogP contribution in [0.2, 0.25) is 0 Å². The average Bonchev–Trinajstić information content (AvgIpc) is 2.66. The van der Waals surface area contributed by atoms with Crippen LogP contribution in [0.25, 0.3) is 10.8 Å². The summed E-state index contributed by atoms with van der Waals surface area (Å²) in [6.45, 7) is 0.975. The lowest BCUT2D eigenvalue weighted by Crippen LogP contribution is -1.90. The second-order valence-corrected chi connectivity index (χ2v) is 3.64. The molecule has 0 aromatic heterocycles. The van der Waals surface area contributed by atoms with Gasteiger partial charge in [-0.25, -0.2) is 0 Å². The predicted octanol–water partition coefficient (Wildman–Crippen LogP) is 2.51. The molecule has 70 valence electrons. The molecule has 1 aliphatic rings. The normalized spacial score (nSPS) is 14.0. The summed E-state index contributed by atoms with van der Waals surface area (Å²) >= 11 is 0. The summed E-state index contributed by atoms with van der Waals surface area (Å²) in [6.07, 6.45) is 1.05. The summed E-state index contributed by atoms with van der Waals surface area (Å²) in [5, 5.41) is 15.2. The van der Waals surface area contributed by atoms with Gasteiger partial charge in [0.1, 0.15) is 5.75 Å². The van der Waals surface area contributed by atoms with Crippen molar-refractivity contribution in [2.75, 3.05) is 11.9 Å². The van der Waals surface area contributed by atoms with Crippen molar-refractivity contribution in [2.45, 2.75) is 6.42 Å². The standard InChI is InChI=1S/C12H11NO/c14-12-7-11-9(5-6-13-11)8-3-1-2-4-10(8)12/h1-4,7,13-14H,5-6H2. The number of hydrogen-bond donors (Lipinski definition) is 2. The first-order valence-corrected chi connectivity index (χ1v) is 4.84. The maximum atomic E-state index is 9.80. The predicted molar refractivity (Wildman–Crippen MR) is 57.8 cm³/mol. The fourth-order valence-electron chi connectivity index (χ4n) is 2.17. The van der Waals surface area contributed by atoms with Gasteiger partial charge < -0.3 is 10.4 Å². The van der Waals surface area contributed by atoms with Gasteiger partial charge in [-0.05, 0) is 17.4 Å². The molecule has 0 saturated heterocycles. The topological polar surface area (TPSA) is 32.3 Å². The number of rotatable bonds is 0. The van der Waals surface area contributed by atoms with E-state index in [1.165, 1.54) is 10.9 Å². The third-order valence-electron chi connectivity index (χ3n) is 2.82. The Bertz CT molecular complexity index is 505. The van der Waals surface area contributed by atoms with Crippen molar-refractivity contribution in [3.63, 3.8) is 0 Å². The second kappa shape index (κ2) is 2.64. The minimum atomic E-state index is 0.369. The molecule has 0 atom stereocenters. The quantitative estimate of drug-likeness (QED) is 0.661. The summed E-state index contributed by atoms with van der Waals surface area (Å²) in [7, 11) is 0. The molecule has 0 saturated carbocycles. The van der Waals surface area contributed by atoms with E-state index in [0.29, 0.717) is 5.75 Å². The summed E-state index contributed by atoms with van der Waals surface area (Å²) < 4.78 is 0. The van der Waals surface area contributed by atoms with E-state index in [-0.39, 0.29) is 0 Å². The number of aromatic hydroxyl groups is 1. The number of fused-ring (bicyclic) bond motifs is 3. The van der Waals surface area contributed by atoms with Crippen LogP contribution in [0.5, 0.6) is 5.75 Å². The van der Waals surface area contributed by atoms with E-state index < -0.39 is 0 Å². The Morgan fingerprint density at radius 3 is 2.79 bits per heavy atom. The maximum absolute atomic E-state index is 9.80. The highest BCUT2D eigenvalue weighted by Gasteiger charge is 2.15. The monoisotopic (exact) mass is 185 g/mol. The number of phenols is 1. The smallest absolute Gasteiger partial charge is 0.125 e. The van der Waals surface area contributed by atoms with Crippen molar-refractivity contribution in [1.29, 1.82) is 0 Å². The van der Waals surface area contributed by atoms with Crippen molar-refractivity contribution in [3.05, 3.63) is 35.9 Å². The maximum Gasteiger partial charge on any atom is 0.125 e. The molecule has 0 bridgehead atoms. The third-order valence-corrected chi connectivity index (χ3v) is 2.82. The van der Waals surface area contributed by atoms with Gasteiger partial charge in [0, 0.05) is 23.7 Å². The van der Waals surface area contributed by atoms with Crippen molar-refractivity contribution in [1.82, 2.24) is 0 Å². The molecule has 2 aromatic carbocycles. The van der Waals surface area contributed by atoms with Crippen molar-refractivity contribution >= 4 is 16.5 Å². The fraction of sp³-hybridized carbons (Fsp3) is 0.167. The Morgan fingerprint density at radius 1 is 1.14 bits per heavy atom. The van der Waals surface area contributed by atoms with Gasteiger partial charge in [0.15, 0.2) is 0 Å². The lowest BCUT2D eigenvalue weighted by molar-refractivity contribution is 0.482. The van der Waals surface area contributed by atoms with Crippen LogP contribution in [0.15, 0.2) is 30.3 Å². The summed E-state index contributed by atoms with van der Waals surface area (Å²) in [5.41, 5.74) is 2.42. The number of anilines is 1. The first kappa shape index (κ1) is 7.68. The van der Waals surface area contributed by atoms with Gasteiger partial charge in [0.2, 0.25) is 0 Å². The fourth-order valence-corrected chi connectivity index (χ4v) is 2.17. The van der Waals surface area contributed by atoms with Gasteiger partial charge >= 0.3 is 0 Å². The number of benzene rings is 2. The van der Waals surface area contributed by atoms with E-state index in [4.69, 9.17) is 0 Å². The molecule has 2 heteroatoms. The van der Waals surface area contributed by atoms with E-state index >= 15 is 0 Å². The van der Waals surface area contributed by atoms with Crippen LogP contribution < -0.4 is 5.32 Å². The molecule has 3 rings (SSSR count). The van der Waals surface area contributed by atoms with Gasteiger partial charge in [-0.15, -0.1) is 0 Å². The van der Waals surface area contributed by atoms with Gasteiger partial charge in [0.05, 0.1) is 0 Å². The zero-order valence-corrected chi connectivity index (χ0v) is 7.75. The molecule has 2 N–H and O–H groups in total. The van der Waals surface area contributed by atoms with E-state index in [9.17, 15) is 5.11 Å². The first-order valence-electron chi connectivity index (χ1n) is 4.84. The van der Waals surface area contributed by atoms with Crippen LogP contribution in [0.4, 0.5) is 5.69 Å². The molecule has 0 aliphatic carbocycles. The van der Waals surface area contributed by atoms with Crippen LogP contribution >= 0.6 is 0 Å². The van der Waals surface area contributed by atoms with Crippen LogP contribution in [0, 0.1) is 0 Å². The first-order chi connectivity index (χ1) is 6.86. The van der Waals surface area contributed by atoms with Crippen molar-refractivity contribution < 1.29 is 5.11 Å². The molecule has 2 nitrogen and oxygen atoms in total. The summed E-state index contributed by atoms with van der Waals surface area (Å²) in [5.74, 6) is 0.369. The Kier molecular flexibility index (Phi) is 1.45. The summed E-state index contributed by atoms with van der Waals surface area (Å²) in [4.78, 5) is 0. The zero-order chi connectivity index (χ0) is 9.54. The Balaban J connectivity index is 2.47. The van der Waals surface area contributed by atoms with Crippen molar-refractivity contribution in [2.24, 2.45) is 0 Å². The molecule has 0 radical (unpaired) electrons. The van der Waals surface area contributed by atoms with Crippen LogP contribution in [0.3, 0.4) is 0 Å². The van der Waals surface area contributed by atoms with Crippen LogP contribution in [-0.4, -0.2) is 11.7 Å². The molecule has 2 aromatic rings. The molecular formula is C12H11NO. The van der Waals surface area contributed by atoms with E-state index in [1.54, 1.807) is 0 Å². The lowest BCUT2D eigenvalue weighted by Gasteiger charge is -2.06. The average molecular weight is 185 g/mol. The molecule has 0 amide bonds. The molecule has 0 unspecified atom stereocenters. The van der Waals surface area contributed by atoms with Crippen LogP contribution in [0.1, 0.15) is 5.56 Å². The Hall–Kier alpha value is -1.70. The highest BCUT2D eigenvalue weighted by atomic mass is 16.3. The Labute approximate surface area is 82.2 Å². The lowest BCUT2D eigenvalue weighted by atomic mass is 10.0. The second-order valence-electron chi connectivity index (χ2n) is 3.64. The van der Waals surface area contributed by atoms with Crippen LogP contribution in [-0.2, 0) is 6.42 Å². The largest absolute Gasteiger partial charge is 0.507 e. The number of phenolic OH excluding ortho intramolecular Hbond substituents is 1. The van der Waals surface area contributed by atoms with Crippen molar-refractivity contribution in [3.8, 4) is 5.75 Å². The van der Waals surface area contributed by atoms with Gasteiger partial charge in [-0.2, -0.15) is 0 Å². The minimum Gasteiger partial charge on any atom is -0.507 e. The van der Waals surface area contributed by atoms with E-state index in [0.717, 1.165) is 24.0 Å².